The van der Waals surface area contributed by atoms with Crippen molar-refractivity contribution in [2.24, 2.45) is 0 Å². The van der Waals surface area contributed by atoms with Crippen LogP contribution in [0.15, 0.2) is 11.6 Å². The van der Waals surface area contributed by atoms with E-state index in [0.29, 0.717) is 13.0 Å². The van der Waals surface area contributed by atoms with Gasteiger partial charge in [0.05, 0.1) is 6.61 Å². The third-order valence-electron chi connectivity index (χ3n) is 2.58. The number of rotatable bonds is 5. The van der Waals surface area contributed by atoms with Crippen LogP contribution in [-0.4, -0.2) is 42.1 Å². The summed E-state index contributed by atoms with van der Waals surface area (Å²) >= 11 is 0. The molecular weight excluding hydrogens is 256 g/mol. The van der Waals surface area contributed by atoms with Crippen molar-refractivity contribution in [1.29, 1.82) is 0 Å². The van der Waals surface area contributed by atoms with E-state index in [9.17, 15) is 9.59 Å². The summed E-state index contributed by atoms with van der Waals surface area (Å²) in [5.74, 6) is -0.378. The monoisotopic (exact) mass is 284 g/mol. The van der Waals surface area contributed by atoms with Gasteiger partial charge in [-0.15, -0.1) is 0 Å². The van der Waals surface area contributed by atoms with Crippen LogP contribution in [0, 0.1) is 0 Å². The third-order valence-corrected chi connectivity index (χ3v) is 2.58. The van der Waals surface area contributed by atoms with Crippen LogP contribution < -0.4 is 5.32 Å². The van der Waals surface area contributed by atoms with Crippen LogP contribution in [0.1, 0.15) is 48.0 Å². The zero-order chi connectivity index (χ0) is 15.9. The summed E-state index contributed by atoms with van der Waals surface area (Å²) in [6.07, 6.45) is 2.39. The number of amides is 2. The third kappa shape index (κ3) is 7.16. The lowest BCUT2D eigenvalue weighted by molar-refractivity contribution is -0.147. The molecule has 0 fully saturated rings. The quantitative estimate of drug-likeness (QED) is 0.624. The number of carbonyl (C=O) groups is 2. The van der Waals surface area contributed by atoms with Gasteiger partial charge in [-0.1, -0.05) is 11.6 Å². The first-order chi connectivity index (χ1) is 9.08. The number of hydrogen-bond acceptors (Lipinski definition) is 3. The number of ether oxygens (including phenoxy) is 1. The molecule has 0 saturated carbocycles. The minimum absolute atomic E-state index is 0.280. The van der Waals surface area contributed by atoms with Crippen LogP contribution in [0.3, 0.4) is 0 Å². The summed E-state index contributed by atoms with van der Waals surface area (Å²) in [7, 11) is 1.61. The lowest BCUT2D eigenvalue weighted by atomic mass is 10.1. The van der Waals surface area contributed by atoms with Crippen molar-refractivity contribution in [1.82, 2.24) is 10.2 Å². The van der Waals surface area contributed by atoms with E-state index in [1.807, 2.05) is 40.7 Å². The van der Waals surface area contributed by atoms with Gasteiger partial charge in [-0.25, -0.2) is 9.59 Å². The second-order valence-corrected chi connectivity index (χ2v) is 6.08. The Hall–Kier alpha value is -1.52. The van der Waals surface area contributed by atoms with Gasteiger partial charge in [0.15, 0.2) is 0 Å². The summed E-state index contributed by atoms with van der Waals surface area (Å²) in [6, 6.07) is -0.884. The van der Waals surface area contributed by atoms with E-state index >= 15 is 0 Å². The van der Waals surface area contributed by atoms with Gasteiger partial charge >= 0.3 is 12.0 Å². The first-order valence-corrected chi connectivity index (χ1v) is 6.93. The molecule has 0 aliphatic rings. The lowest BCUT2D eigenvalue weighted by Gasteiger charge is -2.30. The van der Waals surface area contributed by atoms with Crippen molar-refractivity contribution >= 4 is 12.0 Å². The molecule has 0 aromatic heterocycles. The van der Waals surface area contributed by atoms with Crippen molar-refractivity contribution in [3.05, 3.63) is 11.6 Å². The Bertz CT molecular complexity index is 366. The number of carbonyl (C=O) groups excluding carboxylic acids is 2. The van der Waals surface area contributed by atoms with Crippen LogP contribution in [-0.2, 0) is 9.53 Å². The maximum atomic E-state index is 12.1. The Kier molecular flexibility index (Phi) is 7.32. The van der Waals surface area contributed by atoms with Gasteiger partial charge in [0.25, 0.3) is 0 Å². The van der Waals surface area contributed by atoms with Gasteiger partial charge in [0.1, 0.15) is 6.04 Å². The molecule has 1 N–H and O–H groups in total. The highest BCUT2D eigenvalue weighted by molar-refractivity contribution is 5.84. The molecule has 0 heterocycles. The Morgan fingerprint density at radius 3 is 2.25 bits per heavy atom. The average molecular weight is 284 g/mol. The van der Waals surface area contributed by atoms with Gasteiger partial charge in [0.2, 0.25) is 0 Å². The molecule has 0 aromatic rings. The molecule has 0 saturated heterocycles. The van der Waals surface area contributed by atoms with Crippen LogP contribution >= 0.6 is 0 Å². The molecular formula is C15H28N2O3. The smallest absolute Gasteiger partial charge is 0.329 e. The second-order valence-electron chi connectivity index (χ2n) is 6.08. The van der Waals surface area contributed by atoms with E-state index < -0.39 is 6.04 Å². The van der Waals surface area contributed by atoms with Crippen molar-refractivity contribution in [2.45, 2.75) is 59.5 Å². The van der Waals surface area contributed by atoms with E-state index in [0.717, 1.165) is 5.57 Å². The van der Waals surface area contributed by atoms with E-state index in [2.05, 4.69) is 5.32 Å². The SMILES string of the molecule is CCOC(=O)C(CC=C(C)C)N(C)C(=O)NC(C)(C)C. The maximum absolute atomic E-state index is 12.1. The molecule has 5 nitrogen and oxygen atoms in total. The second kappa shape index (κ2) is 7.92. The Morgan fingerprint density at radius 2 is 1.85 bits per heavy atom. The highest BCUT2D eigenvalue weighted by Gasteiger charge is 2.28. The van der Waals surface area contributed by atoms with Gasteiger partial charge in [0, 0.05) is 12.6 Å². The number of esters is 1. The molecule has 0 aromatic carbocycles. The fourth-order valence-corrected chi connectivity index (χ4v) is 1.55. The lowest BCUT2D eigenvalue weighted by Crippen LogP contribution is -2.52. The summed E-state index contributed by atoms with van der Waals surface area (Å²) in [5, 5.41) is 2.84. The van der Waals surface area contributed by atoms with E-state index in [1.54, 1.807) is 14.0 Å². The molecule has 0 aliphatic carbocycles. The molecule has 0 rings (SSSR count). The summed E-state index contributed by atoms with van der Waals surface area (Å²) < 4.78 is 5.05. The molecule has 20 heavy (non-hydrogen) atoms. The maximum Gasteiger partial charge on any atom is 0.329 e. The normalized spacial score (nSPS) is 12.3. The topological polar surface area (TPSA) is 58.6 Å². The van der Waals surface area contributed by atoms with E-state index in [4.69, 9.17) is 4.74 Å². The minimum Gasteiger partial charge on any atom is -0.464 e. The van der Waals surface area contributed by atoms with Gasteiger partial charge in [-0.3, -0.25) is 0 Å². The summed E-state index contributed by atoms with van der Waals surface area (Å²) in [4.78, 5) is 25.5. The van der Waals surface area contributed by atoms with Crippen molar-refractivity contribution in [2.75, 3.05) is 13.7 Å². The number of hydrogen-bond donors (Lipinski definition) is 1. The zero-order valence-corrected chi connectivity index (χ0v) is 13.7. The Labute approximate surface area is 122 Å². The first-order valence-electron chi connectivity index (χ1n) is 6.93. The van der Waals surface area contributed by atoms with Gasteiger partial charge in [-0.05, 0) is 48.0 Å². The molecule has 2 amide bonds. The Balaban J connectivity index is 4.96. The largest absolute Gasteiger partial charge is 0.464 e. The number of urea groups is 1. The summed E-state index contributed by atoms with van der Waals surface area (Å²) in [5.41, 5.74) is 0.755. The number of allylic oxidation sites excluding steroid dienone is 1. The number of nitrogens with zero attached hydrogens (tertiary/aromatic N) is 1. The standard InChI is InChI=1S/C15H28N2O3/c1-8-20-13(18)12(10-9-11(2)3)17(7)14(19)16-15(4,5)6/h9,12H,8,10H2,1-7H3,(H,16,19). The van der Waals surface area contributed by atoms with E-state index in [-0.39, 0.29) is 17.5 Å². The van der Waals surface area contributed by atoms with Crippen molar-refractivity contribution < 1.29 is 14.3 Å². The average Bonchev–Trinajstić information content (AvgIpc) is 2.26. The summed E-state index contributed by atoms with van der Waals surface area (Å²) in [6.45, 7) is 11.7. The van der Waals surface area contributed by atoms with Crippen LogP contribution in [0.2, 0.25) is 0 Å². The first kappa shape index (κ1) is 18.5. The predicted octanol–water partition coefficient (Wildman–Crippen LogP) is 2.71. The number of likely N-dealkylation sites (N-methyl/N-ethyl adjacent to an activating group) is 1. The van der Waals surface area contributed by atoms with Crippen molar-refractivity contribution in [3.63, 3.8) is 0 Å². The van der Waals surface area contributed by atoms with Crippen LogP contribution in [0.5, 0.6) is 0 Å². The highest BCUT2D eigenvalue weighted by atomic mass is 16.5. The highest BCUT2D eigenvalue weighted by Crippen LogP contribution is 2.10. The molecule has 5 heteroatoms. The zero-order valence-electron chi connectivity index (χ0n) is 13.7. The fourth-order valence-electron chi connectivity index (χ4n) is 1.55. The van der Waals surface area contributed by atoms with Crippen LogP contribution in [0.25, 0.3) is 0 Å². The molecule has 1 unspecified atom stereocenters. The molecule has 0 spiro atoms. The van der Waals surface area contributed by atoms with Crippen molar-refractivity contribution in [3.8, 4) is 0 Å². The minimum atomic E-state index is -0.604. The molecule has 0 bridgehead atoms. The number of nitrogens with one attached hydrogen (secondary N) is 1. The molecule has 0 radical (unpaired) electrons. The molecule has 1 atom stereocenters. The van der Waals surface area contributed by atoms with E-state index in [1.165, 1.54) is 4.90 Å². The molecule has 0 aliphatic heterocycles. The van der Waals surface area contributed by atoms with Gasteiger partial charge in [-0.2, -0.15) is 0 Å². The molecule has 116 valence electrons. The Morgan fingerprint density at radius 1 is 1.30 bits per heavy atom. The predicted molar refractivity (Wildman–Crippen MR) is 80.5 cm³/mol. The van der Waals surface area contributed by atoms with Crippen LogP contribution in [0.4, 0.5) is 4.79 Å². The van der Waals surface area contributed by atoms with Gasteiger partial charge < -0.3 is 15.0 Å². The fraction of sp³-hybridized carbons (Fsp3) is 0.733.